The van der Waals surface area contributed by atoms with E-state index in [-0.39, 0.29) is 10.0 Å². The molecule has 180 valence electrons. The maximum Gasteiger partial charge on any atom is 0.416 e. The van der Waals surface area contributed by atoms with Gasteiger partial charge in [-0.2, -0.15) is 13.2 Å². The molecule has 0 unspecified atom stereocenters. The van der Waals surface area contributed by atoms with Crippen molar-refractivity contribution < 1.29 is 22.7 Å². The molecule has 1 aliphatic rings. The number of amides is 1. The highest BCUT2D eigenvalue weighted by Gasteiger charge is 2.36. The zero-order valence-electron chi connectivity index (χ0n) is 18.7. The molecule has 0 aromatic heterocycles. The molecule has 4 aromatic carbocycles. The highest BCUT2D eigenvalue weighted by Crippen LogP contribution is 2.39. The van der Waals surface area contributed by atoms with Gasteiger partial charge in [0.25, 0.3) is 5.91 Å². The van der Waals surface area contributed by atoms with Crippen molar-refractivity contribution in [1.29, 1.82) is 0 Å². The van der Waals surface area contributed by atoms with Crippen molar-refractivity contribution in [3.05, 3.63) is 113 Å². The molecule has 1 saturated heterocycles. The number of para-hydroxylation sites is 1. The van der Waals surface area contributed by atoms with Crippen molar-refractivity contribution in [2.75, 3.05) is 4.90 Å². The molecule has 0 saturated carbocycles. The van der Waals surface area contributed by atoms with Gasteiger partial charge in [0.05, 0.1) is 16.2 Å². The minimum atomic E-state index is -4.52. The number of hydrogen-bond donors (Lipinski definition) is 0. The van der Waals surface area contributed by atoms with Gasteiger partial charge in [0.15, 0.2) is 4.32 Å². The molecular formula is C28H18F3NO2S2. The van der Waals surface area contributed by atoms with Crippen LogP contribution in [0, 0.1) is 0 Å². The quantitative estimate of drug-likeness (QED) is 0.198. The van der Waals surface area contributed by atoms with E-state index in [4.69, 9.17) is 17.0 Å². The van der Waals surface area contributed by atoms with E-state index in [0.717, 1.165) is 45.1 Å². The first-order chi connectivity index (χ1) is 17.3. The number of rotatable bonds is 5. The lowest BCUT2D eigenvalue weighted by Crippen LogP contribution is -2.27. The summed E-state index contributed by atoms with van der Waals surface area (Å²) in [4.78, 5) is 14.6. The van der Waals surface area contributed by atoms with Gasteiger partial charge in [0.2, 0.25) is 0 Å². The zero-order chi connectivity index (χ0) is 25.3. The van der Waals surface area contributed by atoms with E-state index in [2.05, 4.69) is 0 Å². The Kier molecular flexibility index (Phi) is 6.55. The van der Waals surface area contributed by atoms with Gasteiger partial charge in [-0.25, -0.2) is 0 Å². The van der Waals surface area contributed by atoms with E-state index >= 15 is 0 Å². The first kappa shape index (κ1) is 24.1. The molecule has 0 radical (unpaired) electrons. The highest BCUT2D eigenvalue weighted by molar-refractivity contribution is 8.27. The minimum Gasteiger partial charge on any atom is -0.488 e. The number of thiocarbonyl (C=S) groups is 1. The normalized spacial score (nSPS) is 15.2. The number of benzene rings is 4. The van der Waals surface area contributed by atoms with Crippen molar-refractivity contribution in [1.82, 2.24) is 0 Å². The van der Waals surface area contributed by atoms with Crippen LogP contribution < -0.4 is 9.64 Å². The number of fused-ring (bicyclic) bond motifs is 1. The highest BCUT2D eigenvalue weighted by atomic mass is 32.2. The van der Waals surface area contributed by atoms with Crippen molar-refractivity contribution in [2.24, 2.45) is 0 Å². The number of thioether (sulfide) groups is 1. The number of hydrogen-bond acceptors (Lipinski definition) is 4. The van der Waals surface area contributed by atoms with E-state index in [1.54, 1.807) is 6.08 Å². The van der Waals surface area contributed by atoms with Gasteiger partial charge < -0.3 is 4.74 Å². The fourth-order valence-corrected chi connectivity index (χ4v) is 5.25. The average Bonchev–Trinajstić information content (AvgIpc) is 3.15. The molecule has 0 atom stereocenters. The Morgan fingerprint density at radius 3 is 2.47 bits per heavy atom. The number of alkyl halides is 3. The topological polar surface area (TPSA) is 29.5 Å². The Balaban J connectivity index is 1.40. The van der Waals surface area contributed by atoms with Crippen LogP contribution in [0.15, 0.2) is 95.9 Å². The van der Waals surface area contributed by atoms with E-state index < -0.39 is 17.6 Å². The SMILES string of the molecule is O=C1/C(=C/c2ccccc2OCc2cccc3ccccc23)SC(=S)N1c1cccc(C(F)(F)F)c1. The largest absolute Gasteiger partial charge is 0.488 e. The summed E-state index contributed by atoms with van der Waals surface area (Å²) in [7, 11) is 0. The van der Waals surface area contributed by atoms with Gasteiger partial charge in [-0.3, -0.25) is 9.69 Å². The Hall–Kier alpha value is -3.62. The van der Waals surface area contributed by atoms with Gasteiger partial charge in [0, 0.05) is 5.56 Å². The monoisotopic (exact) mass is 521 g/mol. The minimum absolute atomic E-state index is 0.0798. The Bertz CT molecular complexity index is 1510. The van der Waals surface area contributed by atoms with Gasteiger partial charge in [-0.05, 0) is 46.7 Å². The zero-order valence-corrected chi connectivity index (χ0v) is 20.3. The van der Waals surface area contributed by atoms with Gasteiger partial charge in [0.1, 0.15) is 12.4 Å². The number of anilines is 1. The molecule has 36 heavy (non-hydrogen) atoms. The van der Waals surface area contributed by atoms with Crippen LogP contribution in [0.1, 0.15) is 16.7 Å². The molecule has 1 amide bonds. The number of ether oxygens (including phenoxy) is 1. The Morgan fingerprint density at radius 1 is 0.917 bits per heavy atom. The van der Waals surface area contributed by atoms with Gasteiger partial charge >= 0.3 is 6.18 Å². The molecule has 1 aliphatic heterocycles. The first-order valence-corrected chi connectivity index (χ1v) is 12.2. The van der Waals surface area contributed by atoms with Gasteiger partial charge in [-0.15, -0.1) is 0 Å². The van der Waals surface area contributed by atoms with Crippen LogP contribution in [0.4, 0.5) is 18.9 Å². The summed E-state index contributed by atoms with van der Waals surface area (Å²) in [6.07, 6.45) is -2.86. The summed E-state index contributed by atoms with van der Waals surface area (Å²) in [5, 5.41) is 2.21. The first-order valence-electron chi connectivity index (χ1n) is 10.9. The summed E-state index contributed by atoms with van der Waals surface area (Å²) in [5.41, 5.74) is 0.933. The second-order valence-electron chi connectivity index (χ2n) is 8.03. The summed E-state index contributed by atoms with van der Waals surface area (Å²) in [5.74, 6) is 0.1000. The number of carbonyl (C=O) groups is 1. The summed E-state index contributed by atoms with van der Waals surface area (Å²) in [6, 6.07) is 25.9. The standard InChI is InChI=1S/C28H18F3NO2S2/c29-28(30,31)21-11-6-12-22(16-21)32-26(33)25(36-27(32)35)15-19-8-2-4-14-24(19)34-17-20-10-5-9-18-7-1-3-13-23(18)20/h1-16H,17H2/b25-15-. The van der Waals surface area contributed by atoms with Crippen molar-refractivity contribution in [3.8, 4) is 5.75 Å². The summed E-state index contributed by atoms with van der Waals surface area (Å²) in [6.45, 7) is 0.331. The third-order valence-electron chi connectivity index (χ3n) is 5.69. The Labute approximate surface area is 215 Å². The number of carbonyl (C=O) groups excluding carboxylic acids is 1. The second-order valence-corrected chi connectivity index (χ2v) is 9.71. The molecule has 1 fully saturated rings. The lowest BCUT2D eigenvalue weighted by Gasteiger charge is -2.16. The molecule has 0 aliphatic carbocycles. The smallest absolute Gasteiger partial charge is 0.416 e. The second kappa shape index (κ2) is 9.79. The lowest BCUT2D eigenvalue weighted by atomic mass is 10.1. The maximum atomic E-state index is 13.2. The molecule has 1 heterocycles. The predicted molar refractivity (Wildman–Crippen MR) is 142 cm³/mol. The van der Waals surface area contributed by atoms with Crippen LogP contribution in [0.25, 0.3) is 16.8 Å². The Morgan fingerprint density at radius 2 is 1.64 bits per heavy atom. The van der Waals surface area contributed by atoms with E-state index in [9.17, 15) is 18.0 Å². The number of halogens is 3. The number of nitrogens with zero attached hydrogens (tertiary/aromatic N) is 1. The third-order valence-corrected chi connectivity index (χ3v) is 7.00. The molecular weight excluding hydrogens is 503 g/mol. The van der Waals surface area contributed by atoms with E-state index in [1.165, 1.54) is 12.1 Å². The van der Waals surface area contributed by atoms with Crippen LogP contribution in [0.2, 0.25) is 0 Å². The molecule has 8 heteroatoms. The fraction of sp³-hybridized carbons (Fsp3) is 0.0714. The van der Waals surface area contributed by atoms with Crippen LogP contribution >= 0.6 is 24.0 Å². The molecule has 5 rings (SSSR count). The molecule has 3 nitrogen and oxygen atoms in total. The van der Waals surface area contributed by atoms with Crippen molar-refractivity contribution in [3.63, 3.8) is 0 Å². The van der Waals surface area contributed by atoms with E-state index in [1.807, 2.05) is 66.7 Å². The third kappa shape index (κ3) is 4.87. The van der Waals surface area contributed by atoms with Crippen LogP contribution in [-0.2, 0) is 17.6 Å². The maximum absolute atomic E-state index is 13.2. The molecule has 0 spiro atoms. The van der Waals surface area contributed by atoms with E-state index in [0.29, 0.717) is 22.8 Å². The average molecular weight is 522 g/mol. The van der Waals surface area contributed by atoms with Crippen LogP contribution in [-0.4, -0.2) is 10.2 Å². The summed E-state index contributed by atoms with van der Waals surface area (Å²) < 4.78 is 45.8. The van der Waals surface area contributed by atoms with Crippen LogP contribution in [0.3, 0.4) is 0 Å². The lowest BCUT2D eigenvalue weighted by molar-refractivity contribution is -0.137. The van der Waals surface area contributed by atoms with Crippen molar-refractivity contribution >= 4 is 56.7 Å². The predicted octanol–water partition coefficient (Wildman–Crippen LogP) is 7.84. The fourth-order valence-electron chi connectivity index (χ4n) is 3.96. The van der Waals surface area contributed by atoms with Crippen LogP contribution in [0.5, 0.6) is 5.75 Å². The summed E-state index contributed by atoms with van der Waals surface area (Å²) >= 11 is 6.38. The molecule has 0 N–H and O–H groups in total. The molecule has 4 aromatic rings. The van der Waals surface area contributed by atoms with Gasteiger partial charge in [-0.1, -0.05) is 90.7 Å². The molecule has 0 bridgehead atoms. The van der Waals surface area contributed by atoms with Crippen molar-refractivity contribution in [2.45, 2.75) is 12.8 Å².